The van der Waals surface area contributed by atoms with Gasteiger partial charge in [0.15, 0.2) is 6.10 Å². The van der Waals surface area contributed by atoms with Gasteiger partial charge in [-0.15, -0.1) is 0 Å². The lowest BCUT2D eigenvalue weighted by Crippen LogP contribution is -2.42. The van der Waals surface area contributed by atoms with Gasteiger partial charge >= 0.3 is 12.1 Å². The first kappa shape index (κ1) is 16.1. The van der Waals surface area contributed by atoms with Crippen LogP contribution in [0, 0.1) is 0 Å². The molecule has 0 aromatic heterocycles. The summed E-state index contributed by atoms with van der Waals surface area (Å²) in [5.74, 6) is -1.55. The standard InChI is InChI=1S/C6H11F3N2O5S/c7-6(8,9)3-11-17(15,16)10-2-1-4(12)5(13)14/h4,10-12H,1-3H2,(H,13,14)/t4-/m0/s1. The largest absolute Gasteiger partial charge is 0.479 e. The highest BCUT2D eigenvalue weighted by Gasteiger charge is 2.29. The average molecular weight is 280 g/mol. The third kappa shape index (κ3) is 8.85. The van der Waals surface area contributed by atoms with Crippen LogP contribution in [0.1, 0.15) is 6.42 Å². The van der Waals surface area contributed by atoms with E-state index in [0.717, 1.165) is 0 Å². The van der Waals surface area contributed by atoms with Crippen LogP contribution in [0.25, 0.3) is 0 Å². The highest BCUT2D eigenvalue weighted by atomic mass is 32.2. The Hall–Kier alpha value is -0.910. The van der Waals surface area contributed by atoms with Gasteiger partial charge in [-0.05, 0) is 6.42 Å². The molecule has 0 fully saturated rings. The molecule has 0 bridgehead atoms. The zero-order chi connectivity index (χ0) is 13.7. The number of rotatable bonds is 7. The fourth-order valence-corrected chi connectivity index (χ4v) is 1.52. The van der Waals surface area contributed by atoms with Crippen molar-refractivity contribution in [3.8, 4) is 0 Å². The molecule has 102 valence electrons. The molecular formula is C6H11F3N2O5S. The second kappa shape index (κ2) is 6.14. The van der Waals surface area contributed by atoms with Crippen LogP contribution < -0.4 is 9.44 Å². The molecule has 7 nitrogen and oxygen atoms in total. The number of carbonyl (C=O) groups is 1. The third-order valence-corrected chi connectivity index (χ3v) is 2.57. The maximum atomic E-state index is 11.7. The van der Waals surface area contributed by atoms with Crippen molar-refractivity contribution in [3.63, 3.8) is 0 Å². The number of halogens is 3. The molecule has 11 heteroatoms. The Bertz CT molecular complexity index is 355. The van der Waals surface area contributed by atoms with E-state index in [4.69, 9.17) is 10.2 Å². The van der Waals surface area contributed by atoms with Crippen LogP contribution in [0.2, 0.25) is 0 Å². The van der Waals surface area contributed by atoms with E-state index in [1.807, 2.05) is 0 Å². The van der Waals surface area contributed by atoms with Crippen LogP contribution in [0.3, 0.4) is 0 Å². The summed E-state index contributed by atoms with van der Waals surface area (Å²) >= 11 is 0. The maximum absolute atomic E-state index is 11.7. The van der Waals surface area contributed by atoms with Crippen LogP contribution in [-0.2, 0) is 15.0 Å². The third-order valence-electron chi connectivity index (χ3n) is 1.46. The van der Waals surface area contributed by atoms with Crippen molar-refractivity contribution in [1.29, 1.82) is 0 Å². The topological polar surface area (TPSA) is 116 Å². The van der Waals surface area contributed by atoms with Gasteiger partial charge in [0.2, 0.25) is 0 Å². The number of carboxylic acids is 1. The van der Waals surface area contributed by atoms with Crippen molar-refractivity contribution >= 4 is 16.2 Å². The monoisotopic (exact) mass is 280 g/mol. The normalized spacial score (nSPS) is 14.6. The molecule has 0 amide bonds. The Morgan fingerprint density at radius 3 is 2.24 bits per heavy atom. The Balaban J connectivity index is 3.99. The molecule has 0 aliphatic heterocycles. The second-order valence-corrected chi connectivity index (χ2v) is 4.56. The van der Waals surface area contributed by atoms with Gasteiger partial charge < -0.3 is 10.2 Å². The summed E-state index contributed by atoms with van der Waals surface area (Å²) < 4.78 is 59.6. The van der Waals surface area contributed by atoms with Crippen molar-refractivity contribution in [1.82, 2.24) is 9.44 Å². The molecular weight excluding hydrogens is 269 g/mol. The van der Waals surface area contributed by atoms with Gasteiger partial charge in [0.25, 0.3) is 10.2 Å². The Labute approximate surface area is 94.8 Å². The minimum atomic E-state index is -4.69. The fraction of sp³-hybridized carbons (Fsp3) is 0.833. The van der Waals surface area contributed by atoms with Crippen LogP contribution in [0.5, 0.6) is 0 Å². The maximum Gasteiger partial charge on any atom is 0.402 e. The molecule has 0 unspecified atom stereocenters. The second-order valence-electron chi connectivity index (χ2n) is 2.98. The minimum Gasteiger partial charge on any atom is -0.479 e. The first-order valence-electron chi connectivity index (χ1n) is 4.25. The molecule has 0 aromatic rings. The minimum absolute atomic E-state index is 0.456. The SMILES string of the molecule is O=C(O)[C@@H](O)CCNS(=O)(=O)NCC(F)(F)F. The summed E-state index contributed by atoms with van der Waals surface area (Å²) in [6.45, 7) is -2.23. The lowest BCUT2D eigenvalue weighted by atomic mass is 10.3. The first-order chi connectivity index (χ1) is 7.53. The molecule has 0 aliphatic carbocycles. The van der Waals surface area contributed by atoms with E-state index >= 15 is 0 Å². The van der Waals surface area contributed by atoms with Crippen LogP contribution >= 0.6 is 0 Å². The summed E-state index contributed by atoms with van der Waals surface area (Å²) in [7, 11) is -4.36. The zero-order valence-corrected chi connectivity index (χ0v) is 9.18. The van der Waals surface area contributed by atoms with Gasteiger partial charge in [-0.1, -0.05) is 0 Å². The number of nitrogens with one attached hydrogen (secondary N) is 2. The molecule has 0 saturated carbocycles. The fourth-order valence-electron chi connectivity index (χ4n) is 0.681. The van der Waals surface area contributed by atoms with Gasteiger partial charge in [-0.2, -0.15) is 26.3 Å². The van der Waals surface area contributed by atoms with E-state index in [1.165, 1.54) is 4.72 Å². The highest BCUT2D eigenvalue weighted by molar-refractivity contribution is 7.87. The number of hydrogen-bond acceptors (Lipinski definition) is 4. The van der Waals surface area contributed by atoms with E-state index in [2.05, 4.69) is 0 Å². The number of aliphatic hydroxyl groups is 1. The number of aliphatic hydroxyl groups excluding tert-OH is 1. The summed E-state index contributed by atoms with van der Waals surface area (Å²) in [6, 6.07) is 0. The molecule has 0 aromatic carbocycles. The van der Waals surface area contributed by atoms with Crippen LogP contribution in [-0.4, -0.2) is 50.0 Å². The van der Waals surface area contributed by atoms with Crippen molar-refractivity contribution in [2.75, 3.05) is 13.1 Å². The quantitative estimate of drug-likeness (QED) is 0.468. The Kier molecular flexibility index (Phi) is 5.81. The Morgan fingerprint density at radius 2 is 1.82 bits per heavy atom. The predicted molar refractivity (Wildman–Crippen MR) is 49.2 cm³/mol. The average Bonchev–Trinajstić information content (AvgIpc) is 2.13. The molecule has 1 atom stereocenters. The number of alkyl halides is 3. The number of carboxylic acid groups (broad SMARTS) is 1. The summed E-state index contributed by atoms with van der Waals surface area (Å²) in [6.07, 6.45) is -6.92. The lowest BCUT2D eigenvalue weighted by Gasteiger charge is -2.10. The van der Waals surface area contributed by atoms with Gasteiger partial charge in [0, 0.05) is 6.54 Å². The van der Waals surface area contributed by atoms with E-state index in [-0.39, 0.29) is 0 Å². The van der Waals surface area contributed by atoms with Crippen molar-refractivity contribution in [2.45, 2.75) is 18.7 Å². The van der Waals surface area contributed by atoms with Crippen LogP contribution in [0.15, 0.2) is 0 Å². The summed E-state index contributed by atoms with van der Waals surface area (Å²) in [4.78, 5) is 10.1. The molecule has 0 aliphatic rings. The molecule has 0 rings (SSSR count). The van der Waals surface area contributed by atoms with Gasteiger partial charge in [-0.3, -0.25) is 0 Å². The molecule has 17 heavy (non-hydrogen) atoms. The summed E-state index contributed by atoms with van der Waals surface area (Å²) in [5.41, 5.74) is 0. The molecule has 0 radical (unpaired) electrons. The van der Waals surface area contributed by atoms with Gasteiger partial charge in [0.1, 0.15) is 6.54 Å². The lowest BCUT2D eigenvalue weighted by molar-refractivity contribution is -0.146. The van der Waals surface area contributed by atoms with E-state index < -0.39 is 48.0 Å². The van der Waals surface area contributed by atoms with Crippen molar-refractivity contribution < 1.29 is 36.6 Å². The van der Waals surface area contributed by atoms with Crippen LogP contribution in [0.4, 0.5) is 13.2 Å². The van der Waals surface area contributed by atoms with E-state index in [9.17, 15) is 26.4 Å². The molecule has 0 spiro atoms. The predicted octanol–water partition coefficient (Wildman–Crippen LogP) is -1.19. The Morgan fingerprint density at radius 1 is 1.29 bits per heavy atom. The van der Waals surface area contributed by atoms with E-state index in [1.54, 1.807) is 4.72 Å². The first-order valence-corrected chi connectivity index (χ1v) is 5.74. The summed E-state index contributed by atoms with van der Waals surface area (Å²) in [5, 5.41) is 17.0. The molecule has 4 N–H and O–H groups in total. The number of hydrogen-bond donors (Lipinski definition) is 4. The smallest absolute Gasteiger partial charge is 0.402 e. The number of aliphatic carboxylic acids is 1. The van der Waals surface area contributed by atoms with Gasteiger partial charge in [-0.25, -0.2) is 9.52 Å². The molecule has 0 heterocycles. The van der Waals surface area contributed by atoms with Gasteiger partial charge in [0.05, 0.1) is 0 Å². The van der Waals surface area contributed by atoms with Crippen molar-refractivity contribution in [3.05, 3.63) is 0 Å². The zero-order valence-electron chi connectivity index (χ0n) is 8.36. The van der Waals surface area contributed by atoms with E-state index in [0.29, 0.717) is 0 Å². The van der Waals surface area contributed by atoms with Crippen molar-refractivity contribution in [2.24, 2.45) is 0 Å². The highest BCUT2D eigenvalue weighted by Crippen LogP contribution is 2.12. The molecule has 0 saturated heterocycles.